The molecule has 100 valence electrons. The fourth-order valence-electron chi connectivity index (χ4n) is 1.87. The maximum Gasteiger partial charge on any atom is 0.318 e. The number of fused-ring (bicyclic) bond motifs is 1. The molecule has 3 amide bonds. The summed E-state index contributed by atoms with van der Waals surface area (Å²) in [6, 6.07) is 2.57. The van der Waals surface area contributed by atoms with Gasteiger partial charge in [0.15, 0.2) is 0 Å². The lowest BCUT2D eigenvalue weighted by molar-refractivity contribution is -0.119. The van der Waals surface area contributed by atoms with Gasteiger partial charge in [0.1, 0.15) is 0 Å². The van der Waals surface area contributed by atoms with Crippen molar-refractivity contribution in [2.45, 2.75) is 12.8 Å². The molecule has 0 aliphatic rings. The Bertz CT molecular complexity index is 652. The van der Waals surface area contributed by atoms with Crippen molar-refractivity contribution < 1.29 is 9.59 Å². The number of urea groups is 1. The first kappa shape index (κ1) is 13.7. The number of amides is 3. The number of nitrogens with one attached hydrogen (secondary N) is 2. The van der Waals surface area contributed by atoms with E-state index in [1.807, 2.05) is 5.32 Å². The highest BCUT2D eigenvalue weighted by molar-refractivity contribution is 6.38. The quantitative estimate of drug-likeness (QED) is 0.813. The van der Waals surface area contributed by atoms with Crippen molar-refractivity contribution in [2.75, 3.05) is 0 Å². The van der Waals surface area contributed by atoms with E-state index in [4.69, 9.17) is 28.9 Å². The van der Waals surface area contributed by atoms with Crippen LogP contribution in [0.4, 0.5) is 4.79 Å². The number of carbonyl (C=O) groups excluding carboxylic acids is 2. The van der Waals surface area contributed by atoms with E-state index in [0.717, 1.165) is 16.5 Å². The minimum absolute atomic E-state index is 0.153. The number of carbonyl (C=O) groups is 2. The van der Waals surface area contributed by atoms with Gasteiger partial charge in [-0.15, -0.1) is 0 Å². The number of hydrogen-bond acceptors (Lipinski definition) is 2. The van der Waals surface area contributed by atoms with E-state index in [1.165, 1.54) is 0 Å². The van der Waals surface area contributed by atoms with Crippen molar-refractivity contribution in [3.05, 3.63) is 33.9 Å². The second kappa shape index (κ2) is 5.50. The van der Waals surface area contributed by atoms with Crippen molar-refractivity contribution in [3.8, 4) is 0 Å². The number of halogens is 2. The lowest BCUT2D eigenvalue weighted by Crippen LogP contribution is -2.35. The van der Waals surface area contributed by atoms with Gasteiger partial charge in [-0.25, -0.2) is 4.79 Å². The van der Waals surface area contributed by atoms with Crippen LogP contribution >= 0.6 is 23.2 Å². The van der Waals surface area contributed by atoms with Crippen LogP contribution in [0.5, 0.6) is 0 Å². The third kappa shape index (κ3) is 3.19. The maximum atomic E-state index is 11.3. The molecule has 0 atom stereocenters. The minimum Gasteiger partial charge on any atom is -0.360 e. The molecular weight excluding hydrogens is 289 g/mol. The lowest BCUT2D eigenvalue weighted by Gasteiger charge is -2.01. The third-order valence-corrected chi connectivity index (χ3v) is 3.19. The van der Waals surface area contributed by atoms with Crippen LogP contribution in [0.3, 0.4) is 0 Å². The smallest absolute Gasteiger partial charge is 0.318 e. The van der Waals surface area contributed by atoms with E-state index >= 15 is 0 Å². The Hall–Kier alpha value is -1.72. The van der Waals surface area contributed by atoms with Crippen LogP contribution in [0.1, 0.15) is 12.0 Å². The van der Waals surface area contributed by atoms with Gasteiger partial charge in [0.25, 0.3) is 0 Å². The largest absolute Gasteiger partial charge is 0.360 e. The van der Waals surface area contributed by atoms with Gasteiger partial charge in [-0.2, -0.15) is 0 Å². The Morgan fingerprint density at radius 2 is 2.05 bits per heavy atom. The molecule has 0 bridgehead atoms. The summed E-state index contributed by atoms with van der Waals surface area (Å²) in [5.41, 5.74) is 6.54. The zero-order valence-corrected chi connectivity index (χ0v) is 11.3. The van der Waals surface area contributed by atoms with Crippen molar-refractivity contribution >= 4 is 46.0 Å². The first-order chi connectivity index (χ1) is 8.97. The van der Waals surface area contributed by atoms with Crippen LogP contribution in [0.25, 0.3) is 10.9 Å². The number of hydrogen-bond donors (Lipinski definition) is 3. The van der Waals surface area contributed by atoms with Gasteiger partial charge >= 0.3 is 6.03 Å². The average Bonchev–Trinajstić information content (AvgIpc) is 2.68. The second-order valence-electron chi connectivity index (χ2n) is 4.04. The molecule has 0 saturated heterocycles. The highest BCUT2D eigenvalue weighted by Crippen LogP contribution is 2.29. The van der Waals surface area contributed by atoms with Crippen molar-refractivity contribution in [1.82, 2.24) is 10.3 Å². The molecule has 7 heteroatoms. The Morgan fingerprint density at radius 1 is 1.32 bits per heavy atom. The van der Waals surface area contributed by atoms with Crippen LogP contribution in [-0.4, -0.2) is 16.9 Å². The Labute approximate surface area is 119 Å². The summed E-state index contributed by atoms with van der Waals surface area (Å²) in [4.78, 5) is 24.9. The van der Waals surface area contributed by atoms with Gasteiger partial charge in [-0.05, 0) is 24.1 Å². The topological polar surface area (TPSA) is 88.0 Å². The third-order valence-electron chi connectivity index (χ3n) is 2.68. The molecule has 1 aromatic carbocycles. The van der Waals surface area contributed by atoms with Crippen LogP contribution in [0.2, 0.25) is 10.0 Å². The summed E-state index contributed by atoms with van der Waals surface area (Å²) in [6.07, 6.45) is 2.38. The molecule has 1 heterocycles. The van der Waals surface area contributed by atoms with Gasteiger partial charge in [0.2, 0.25) is 5.91 Å². The number of rotatable bonds is 3. The van der Waals surface area contributed by atoms with Crippen molar-refractivity contribution in [1.29, 1.82) is 0 Å². The van der Waals surface area contributed by atoms with Gasteiger partial charge in [-0.1, -0.05) is 23.2 Å². The molecule has 4 N–H and O–H groups in total. The van der Waals surface area contributed by atoms with Crippen LogP contribution in [-0.2, 0) is 11.2 Å². The highest BCUT2D eigenvalue weighted by atomic mass is 35.5. The molecule has 5 nitrogen and oxygen atoms in total. The molecule has 0 saturated carbocycles. The molecule has 0 radical (unpaired) electrons. The van der Waals surface area contributed by atoms with E-state index in [1.54, 1.807) is 18.3 Å². The zero-order chi connectivity index (χ0) is 14.0. The Morgan fingerprint density at radius 3 is 2.74 bits per heavy atom. The molecule has 2 aromatic rings. The van der Waals surface area contributed by atoms with Crippen LogP contribution < -0.4 is 11.1 Å². The SMILES string of the molecule is NC(=O)NC(=O)CCc1c[nH]c2c(Cl)cc(Cl)cc12. The Balaban J connectivity index is 2.18. The maximum absolute atomic E-state index is 11.3. The summed E-state index contributed by atoms with van der Waals surface area (Å²) in [7, 11) is 0. The zero-order valence-electron chi connectivity index (χ0n) is 9.80. The number of benzene rings is 1. The fourth-order valence-corrected chi connectivity index (χ4v) is 2.41. The molecule has 0 fully saturated rings. The van der Waals surface area contributed by atoms with E-state index in [9.17, 15) is 9.59 Å². The molecule has 1 aromatic heterocycles. The molecule has 19 heavy (non-hydrogen) atoms. The number of imide groups is 1. The molecule has 0 spiro atoms. The summed E-state index contributed by atoms with van der Waals surface area (Å²) >= 11 is 12.0. The van der Waals surface area contributed by atoms with E-state index in [0.29, 0.717) is 16.5 Å². The number of aryl methyl sites for hydroxylation is 1. The molecule has 0 aliphatic heterocycles. The lowest BCUT2D eigenvalue weighted by atomic mass is 10.1. The molecule has 0 aliphatic carbocycles. The summed E-state index contributed by atoms with van der Waals surface area (Å²) in [5.74, 6) is -0.421. The average molecular weight is 300 g/mol. The number of aromatic nitrogens is 1. The fraction of sp³-hybridized carbons (Fsp3) is 0.167. The predicted molar refractivity (Wildman–Crippen MR) is 74.4 cm³/mol. The standard InChI is InChI=1S/C12H11Cl2N3O2/c13-7-3-8-6(1-2-10(18)17-12(15)19)5-16-11(8)9(14)4-7/h3-5,16H,1-2H2,(H3,15,17,18,19). The predicted octanol–water partition coefficient (Wildman–Crippen LogP) is 2.60. The minimum atomic E-state index is -0.852. The summed E-state index contributed by atoms with van der Waals surface area (Å²) in [5, 5.41) is 3.93. The highest BCUT2D eigenvalue weighted by Gasteiger charge is 2.10. The van der Waals surface area contributed by atoms with Crippen molar-refractivity contribution in [2.24, 2.45) is 5.73 Å². The number of aromatic amines is 1. The van der Waals surface area contributed by atoms with Crippen LogP contribution in [0, 0.1) is 0 Å². The van der Waals surface area contributed by atoms with E-state index in [-0.39, 0.29) is 6.42 Å². The monoisotopic (exact) mass is 299 g/mol. The van der Waals surface area contributed by atoms with Crippen LogP contribution in [0.15, 0.2) is 18.3 Å². The first-order valence-corrected chi connectivity index (χ1v) is 6.27. The van der Waals surface area contributed by atoms with Crippen molar-refractivity contribution in [3.63, 3.8) is 0 Å². The van der Waals surface area contributed by atoms with Gasteiger partial charge in [-0.3, -0.25) is 10.1 Å². The number of primary amides is 1. The number of H-pyrrole nitrogens is 1. The first-order valence-electron chi connectivity index (χ1n) is 5.51. The van der Waals surface area contributed by atoms with E-state index < -0.39 is 11.9 Å². The van der Waals surface area contributed by atoms with Gasteiger partial charge in [0, 0.05) is 23.0 Å². The number of nitrogens with two attached hydrogens (primary N) is 1. The van der Waals surface area contributed by atoms with Gasteiger partial charge < -0.3 is 10.7 Å². The second-order valence-corrected chi connectivity index (χ2v) is 4.88. The Kier molecular flexibility index (Phi) is 3.97. The molecular formula is C12H11Cl2N3O2. The molecule has 0 unspecified atom stereocenters. The molecule has 2 rings (SSSR count). The normalized spacial score (nSPS) is 10.6. The van der Waals surface area contributed by atoms with Gasteiger partial charge in [0.05, 0.1) is 10.5 Å². The summed E-state index contributed by atoms with van der Waals surface area (Å²) < 4.78 is 0. The summed E-state index contributed by atoms with van der Waals surface area (Å²) in [6.45, 7) is 0. The van der Waals surface area contributed by atoms with E-state index in [2.05, 4.69) is 4.98 Å².